The number of nitrogens with zero attached hydrogens (tertiary/aromatic N) is 1. The van der Waals surface area contributed by atoms with Gasteiger partial charge in [-0.2, -0.15) is 0 Å². The number of carboxylic acids is 1. The normalized spacial score (nSPS) is 12.1. The lowest BCUT2D eigenvalue weighted by Crippen LogP contribution is -2.39. The molecule has 2 atom stereocenters. The summed E-state index contributed by atoms with van der Waals surface area (Å²) < 4.78 is 21.4. The summed E-state index contributed by atoms with van der Waals surface area (Å²) in [7, 11) is 6.22. The predicted octanol–water partition coefficient (Wildman–Crippen LogP) is 3.16. The Labute approximate surface area is 321 Å². The molecule has 0 fully saturated rings. The van der Waals surface area contributed by atoms with Crippen LogP contribution in [0.3, 0.4) is 0 Å². The van der Waals surface area contributed by atoms with E-state index < -0.39 is 17.9 Å². The Kier molecular flexibility index (Phi) is 22.4. The van der Waals surface area contributed by atoms with E-state index in [1.807, 2.05) is 44.2 Å². The number of pyridine rings is 1. The zero-order valence-electron chi connectivity index (χ0n) is 32.4. The van der Waals surface area contributed by atoms with Crippen LogP contribution in [0.5, 0.6) is 5.75 Å². The minimum atomic E-state index is -1.03. The van der Waals surface area contributed by atoms with Crippen molar-refractivity contribution in [2.75, 3.05) is 53.5 Å². The molecule has 0 radical (unpaired) electrons. The van der Waals surface area contributed by atoms with Crippen LogP contribution in [0.15, 0.2) is 72.3 Å². The molecule has 0 saturated heterocycles. The molecule has 1 heterocycles. The quantitative estimate of drug-likeness (QED) is 0.0527. The van der Waals surface area contributed by atoms with Crippen LogP contribution >= 0.6 is 0 Å². The van der Waals surface area contributed by atoms with Gasteiger partial charge in [0, 0.05) is 68.6 Å². The van der Waals surface area contributed by atoms with Gasteiger partial charge in [0.05, 0.1) is 27.4 Å². The van der Waals surface area contributed by atoms with Crippen LogP contribution in [0.1, 0.15) is 39.7 Å². The number of aromatic nitrogens is 1. The third-order valence-corrected chi connectivity index (χ3v) is 8.19. The first-order valence-electron chi connectivity index (χ1n) is 17.0. The van der Waals surface area contributed by atoms with Gasteiger partial charge in [0.25, 0.3) is 12.4 Å². The fraction of sp³-hybridized carbons (Fsp3) is 0.359. The molecule has 16 heteroatoms. The minimum absolute atomic E-state index is 0.000214. The zero-order chi connectivity index (χ0) is 41.3. The summed E-state index contributed by atoms with van der Waals surface area (Å²) in [6.45, 7) is 7.15. The van der Waals surface area contributed by atoms with E-state index in [1.165, 1.54) is 26.5 Å². The first-order chi connectivity index (χ1) is 26.4. The number of carbonyl (C=O) groups is 4. The van der Waals surface area contributed by atoms with Crippen molar-refractivity contribution in [3.8, 4) is 16.9 Å². The van der Waals surface area contributed by atoms with Crippen LogP contribution in [-0.2, 0) is 41.6 Å². The molecule has 300 valence electrons. The van der Waals surface area contributed by atoms with Gasteiger partial charge < -0.3 is 51.3 Å². The second-order valence-electron chi connectivity index (χ2n) is 11.8. The van der Waals surface area contributed by atoms with Gasteiger partial charge in [0.15, 0.2) is 0 Å². The van der Waals surface area contributed by atoms with Crippen LogP contribution in [-0.4, -0.2) is 100 Å². The molecule has 2 aromatic carbocycles. The number of nitrogens with one attached hydrogen (secondary N) is 3. The van der Waals surface area contributed by atoms with Gasteiger partial charge in [0.2, 0.25) is 6.41 Å². The Morgan fingerprint density at radius 1 is 0.927 bits per heavy atom. The van der Waals surface area contributed by atoms with Crippen molar-refractivity contribution in [1.82, 2.24) is 15.6 Å². The maximum Gasteiger partial charge on any atom is 0.323 e. The van der Waals surface area contributed by atoms with E-state index in [1.54, 1.807) is 20.4 Å². The number of nitrogens with two attached hydrogens (primary N) is 2. The fourth-order valence-electron chi connectivity index (χ4n) is 5.34. The number of ether oxygens (including phenoxy) is 4. The molecule has 0 aliphatic rings. The molecule has 0 spiro atoms. The topological polar surface area (TPSA) is 247 Å². The van der Waals surface area contributed by atoms with E-state index in [-0.39, 0.29) is 37.8 Å². The first kappa shape index (κ1) is 47.2. The Hall–Kier alpha value is -5.81. The third kappa shape index (κ3) is 15.2. The SMILES string of the molecule is COCC(C)NCC(=C/N)/C(=C\Cc1cccc(-c2cccc(NC(=O)c3cc(OC)c(CNC(COC)C(=O)O)cn3)c2C)c1C)OC.NC=O.O=CO. The molecule has 55 heavy (non-hydrogen) atoms. The number of carbonyl (C=O) groups excluding carboxylic acids is 2. The molecule has 0 bridgehead atoms. The maximum absolute atomic E-state index is 13.3. The highest BCUT2D eigenvalue weighted by Gasteiger charge is 2.19. The molecule has 16 nitrogen and oxygen atoms in total. The third-order valence-electron chi connectivity index (χ3n) is 8.19. The lowest BCUT2D eigenvalue weighted by Gasteiger charge is -2.17. The lowest BCUT2D eigenvalue weighted by molar-refractivity contribution is -0.141. The number of methoxy groups -OCH3 is 4. The predicted molar refractivity (Wildman–Crippen MR) is 210 cm³/mol. The maximum atomic E-state index is 13.3. The Morgan fingerprint density at radius 3 is 2.11 bits per heavy atom. The van der Waals surface area contributed by atoms with E-state index in [0.717, 1.165) is 33.4 Å². The van der Waals surface area contributed by atoms with Crippen molar-refractivity contribution < 1.29 is 48.3 Å². The van der Waals surface area contributed by atoms with E-state index in [0.29, 0.717) is 42.3 Å². The average molecular weight is 767 g/mol. The zero-order valence-corrected chi connectivity index (χ0v) is 32.4. The molecule has 3 aromatic rings. The Balaban J connectivity index is 0.00000236. The molecular weight excluding hydrogens is 712 g/mol. The summed E-state index contributed by atoms with van der Waals surface area (Å²) in [5.41, 5.74) is 17.6. The van der Waals surface area contributed by atoms with Gasteiger partial charge in [-0.15, -0.1) is 0 Å². The van der Waals surface area contributed by atoms with Crippen LogP contribution in [0.4, 0.5) is 5.69 Å². The number of rotatable bonds is 19. The average Bonchev–Trinajstić information content (AvgIpc) is 3.16. The summed E-state index contributed by atoms with van der Waals surface area (Å²) in [6, 6.07) is 12.8. The molecule has 9 N–H and O–H groups in total. The second-order valence-corrected chi connectivity index (χ2v) is 11.8. The number of hydrogen-bond acceptors (Lipinski definition) is 12. The van der Waals surface area contributed by atoms with Crippen molar-refractivity contribution in [3.63, 3.8) is 0 Å². The monoisotopic (exact) mass is 766 g/mol. The smallest absolute Gasteiger partial charge is 0.323 e. The number of benzene rings is 2. The van der Waals surface area contributed by atoms with Crippen molar-refractivity contribution in [2.45, 2.75) is 45.8 Å². The van der Waals surface area contributed by atoms with E-state index >= 15 is 0 Å². The van der Waals surface area contributed by atoms with Crippen molar-refractivity contribution >= 4 is 30.4 Å². The first-order valence-corrected chi connectivity index (χ1v) is 17.0. The number of hydrogen-bond donors (Lipinski definition) is 7. The number of primary amides is 1. The molecule has 1 aromatic heterocycles. The molecular formula is C39H54N6O10. The summed E-state index contributed by atoms with van der Waals surface area (Å²) in [4.78, 5) is 46.1. The summed E-state index contributed by atoms with van der Waals surface area (Å²) in [5.74, 6) is -0.329. The highest BCUT2D eigenvalue weighted by atomic mass is 16.5. The molecule has 0 aliphatic carbocycles. The number of anilines is 1. The largest absolute Gasteiger partial charge is 0.497 e. The van der Waals surface area contributed by atoms with Crippen molar-refractivity contribution in [1.29, 1.82) is 0 Å². The van der Waals surface area contributed by atoms with Gasteiger partial charge >= 0.3 is 5.97 Å². The standard InChI is InChI=1S/C37H49N5O7.CH3NO.CH2O2/c1-23(21-46-4)39-18-27(17-38)34(48-6)15-14-26-10-8-11-29(24(26)2)30-12-9-13-31(25(30)3)42-36(43)32-16-35(49-7)28(19-40-32)20-41-33(22-47-5)37(44)45;2*2-1-3/h8-13,15-17,19,23,33,39,41H,14,18,20-22,38H2,1-7H3,(H,42,43)(H,44,45);1H,(H2,2,3);1H,(H,2,3)/b27-17-,34-15+;;. The van der Waals surface area contributed by atoms with E-state index in [2.05, 4.69) is 45.7 Å². The van der Waals surface area contributed by atoms with Gasteiger partial charge in [-0.25, -0.2) is 0 Å². The van der Waals surface area contributed by atoms with E-state index in [4.69, 9.17) is 39.4 Å². The van der Waals surface area contributed by atoms with Gasteiger partial charge in [-0.1, -0.05) is 30.3 Å². The number of amides is 2. The fourth-order valence-corrected chi connectivity index (χ4v) is 5.34. The highest BCUT2D eigenvalue weighted by Crippen LogP contribution is 2.33. The minimum Gasteiger partial charge on any atom is -0.497 e. The number of carboxylic acid groups (broad SMARTS) is 2. The van der Waals surface area contributed by atoms with E-state index in [9.17, 15) is 14.7 Å². The van der Waals surface area contributed by atoms with Crippen molar-refractivity contribution in [3.05, 3.63) is 100 Å². The van der Waals surface area contributed by atoms with Gasteiger partial charge in [-0.3, -0.25) is 29.5 Å². The molecule has 2 unspecified atom stereocenters. The second kappa shape index (κ2) is 26.0. The highest BCUT2D eigenvalue weighted by molar-refractivity contribution is 6.04. The summed E-state index contributed by atoms with van der Waals surface area (Å²) >= 11 is 0. The van der Waals surface area contributed by atoms with Crippen LogP contribution in [0, 0.1) is 13.8 Å². The molecule has 0 saturated carbocycles. The number of allylic oxidation sites excluding steroid dienone is 1. The Bertz CT molecular complexity index is 1740. The van der Waals surface area contributed by atoms with Gasteiger partial charge in [0.1, 0.15) is 23.2 Å². The van der Waals surface area contributed by atoms with Crippen LogP contribution < -0.4 is 32.2 Å². The molecule has 2 amide bonds. The lowest BCUT2D eigenvalue weighted by atomic mass is 9.91. The molecule has 3 rings (SSSR count). The number of aliphatic carboxylic acids is 1. The van der Waals surface area contributed by atoms with Crippen LogP contribution in [0.25, 0.3) is 11.1 Å². The van der Waals surface area contributed by atoms with Crippen molar-refractivity contribution in [2.24, 2.45) is 11.5 Å². The van der Waals surface area contributed by atoms with Gasteiger partial charge in [-0.05, 0) is 67.2 Å². The Morgan fingerprint density at radius 2 is 1.55 bits per heavy atom. The van der Waals surface area contributed by atoms with Crippen LogP contribution in [0.2, 0.25) is 0 Å². The molecule has 0 aliphatic heterocycles. The summed E-state index contributed by atoms with van der Waals surface area (Å²) in [5, 5.41) is 25.6. The summed E-state index contributed by atoms with van der Waals surface area (Å²) in [6.07, 6.45) is 5.97.